The number of carbonyl (C=O) groups excluding carboxylic acids is 1. The van der Waals surface area contributed by atoms with Gasteiger partial charge in [0.1, 0.15) is 5.82 Å². The van der Waals surface area contributed by atoms with Crippen molar-refractivity contribution in [3.63, 3.8) is 0 Å². The number of hydrogen-bond acceptors (Lipinski definition) is 7. The van der Waals surface area contributed by atoms with Crippen molar-refractivity contribution < 1.29 is 9.53 Å². The molecule has 0 spiro atoms. The maximum Gasteiger partial charge on any atom is 0.337 e. The van der Waals surface area contributed by atoms with Gasteiger partial charge in [-0.2, -0.15) is 4.98 Å². The summed E-state index contributed by atoms with van der Waals surface area (Å²) in [6.45, 7) is 1.89. The van der Waals surface area contributed by atoms with E-state index in [9.17, 15) is 4.79 Å². The van der Waals surface area contributed by atoms with Crippen LogP contribution < -0.4 is 10.6 Å². The van der Waals surface area contributed by atoms with Crippen LogP contribution in [-0.4, -0.2) is 28.0 Å². The van der Waals surface area contributed by atoms with E-state index < -0.39 is 5.97 Å². The summed E-state index contributed by atoms with van der Waals surface area (Å²) in [6, 6.07) is 18.7. The van der Waals surface area contributed by atoms with Gasteiger partial charge in [0.05, 0.1) is 23.9 Å². The van der Waals surface area contributed by atoms with Crippen LogP contribution in [0, 0.1) is 6.92 Å². The van der Waals surface area contributed by atoms with Crippen LogP contribution in [0.1, 0.15) is 16.1 Å². The van der Waals surface area contributed by atoms with Gasteiger partial charge in [0.2, 0.25) is 5.95 Å². The number of para-hydroxylation sites is 1. The fourth-order valence-electron chi connectivity index (χ4n) is 3.00. The average molecular weight is 385 g/mol. The topological polar surface area (TPSA) is 89.0 Å². The minimum absolute atomic E-state index is 0.390. The molecule has 2 aromatic heterocycles. The molecule has 0 atom stereocenters. The highest BCUT2D eigenvalue weighted by atomic mass is 16.5. The third-order valence-electron chi connectivity index (χ3n) is 4.29. The van der Waals surface area contributed by atoms with Crippen molar-refractivity contribution in [1.29, 1.82) is 0 Å². The molecular formula is C22H19N5O2. The number of carbonyl (C=O) groups is 1. The second kappa shape index (κ2) is 7.93. The summed E-state index contributed by atoms with van der Waals surface area (Å²) in [6.07, 6.45) is 1.76. The summed E-state index contributed by atoms with van der Waals surface area (Å²) in [7, 11) is 1.36. The number of ether oxygens (including phenoxy) is 1. The van der Waals surface area contributed by atoms with Crippen LogP contribution in [0.3, 0.4) is 0 Å². The van der Waals surface area contributed by atoms with Gasteiger partial charge in [-0.3, -0.25) is 4.98 Å². The number of nitrogens with zero attached hydrogens (tertiary/aromatic N) is 3. The maximum atomic E-state index is 11.7. The predicted octanol–water partition coefficient (Wildman–Crippen LogP) is 4.61. The lowest BCUT2D eigenvalue weighted by atomic mass is 10.2. The van der Waals surface area contributed by atoms with E-state index in [1.807, 2.05) is 49.4 Å². The lowest BCUT2D eigenvalue weighted by molar-refractivity contribution is 0.0601. The molecule has 0 unspecified atom stereocenters. The Hall–Kier alpha value is -4.00. The highest BCUT2D eigenvalue weighted by Crippen LogP contribution is 2.24. The van der Waals surface area contributed by atoms with Gasteiger partial charge in [-0.25, -0.2) is 9.78 Å². The van der Waals surface area contributed by atoms with Crippen LogP contribution >= 0.6 is 0 Å². The lowest BCUT2D eigenvalue weighted by Crippen LogP contribution is -2.04. The molecule has 7 heteroatoms. The molecule has 2 heterocycles. The van der Waals surface area contributed by atoms with Crippen LogP contribution in [0.25, 0.3) is 10.9 Å². The highest BCUT2D eigenvalue weighted by Gasteiger charge is 2.09. The molecule has 0 saturated carbocycles. The molecule has 2 aromatic carbocycles. The largest absolute Gasteiger partial charge is 0.465 e. The van der Waals surface area contributed by atoms with Gasteiger partial charge in [0.15, 0.2) is 0 Å². The first kappa shape index (κ1) is 18.4. The zero-order valence-corrected chi connectivity index (χ0v) is 16.0. The minimum atomic E-state index is -0.390. The standard InChI is InChI=1S/C22H19N5O2/c1-14-12-19(25-17-9-3-7-16(13-17)21(28)29-2)27-22(24-14)26-18-10-4-6-15-8-5-11-23-20(15)18/h3-13H,1-2H3,(H2,24,25,26,27). The van der Waals surface area contributed by atoms with Gasteiger partial charge in [-0.05, 0) is 37.3 Å². The summed E-state index contributed by atoms with van der Waals surface area (Å²) in [5, 5.41) is 7.50. The van der Waals surface area contributed by atoms with E-state index in [1.54, 1.807) is 24.4 Å². The fourth-order valence-corrected chi connectivity index (χ4v) is 3.00. The van der Waals surface area contributed by atoms with Crippen LogP contribution in [-0.2, 0) is 4.74 Å². The summed E-state index contributed by atoms with van der Waals surface area (Å²) in [5.41, 5.74) is 3.65. The number of rotatable bonds is 5. The molecule has 0 bridgehead atoms. The van der Waals surface area contributed by atoms with Gasteiger partial charge in [0, 0.05) is 29.0 Å². The minimum Gasteiger partial charge on any atom is -0.465 e. The zero-order valence-electron chi connectivity index (χ0n) is 16.0. The average Bonchev–Trinajstić information content (AvgIpc) is 2.73. The molecule has 4 aromatic rings. The van der Waals surface area contributed by atoms with Gasteiger partial charge in [-0.1, -0.05) is 24.3 Å². The van der Waals surface area contributed by atoms with Gasteiger partial charge >= 0.3 is 5.97 Å². The number of methoxy groups -OCH3 is 1. The lowest BCUT2D eigenvalue weighted by Gasteiger charge is -2.11. The Morgan fingerprint density at radius 2 is 1.79 bits per heavy atom. The molecule has 0 saturated heterocycles. The Morgan fingerprint density at radius 3 is 2.66 bits per heavy atom. The fraction of sp³-hybridized carbons (Fsp3) is 0.0909. The molecule has 29 heavy (non-hydrogen) atoms. The van der Waals surface area contributed by atoms with Crippen LogP contribution in [0.5, 0.6) is 0 Å². The Bertz CT molecular complexity index is 1190. The smallest absolute Gasteiger partial charge is 0.337 e. The number of anilines is 4. The number of hydrogen-bond donors (Lipinski definition) is 2. The second-order valence-corrected chi connectivity index (χ2v) is 6.42. The Kier molecular flexibility index (Phi) is 5.03. The third-order valence-corrected chi connectivity index (χ3v) is 4.29. The van der Waals surface area contributed by atoms with E-state index in [4.69, 9.17) is 4.74 Å². The third kappa shape index (κ3) is 4.14. The highest BCUT2D eigenvalue weighted by molar-refractivity contribution is 5.92. The van der Waals surface area contributed by atoms with Gasteiger partial charge in [-0.15, -0.1) is 0 Å². The molecule has 0 aliphatic carbocycles. The van der Waals surface area contributed by atoms with Crippen LogP contribution in [0.4, 0.5) is 23.1 Å². The molecule has 0 radical (unpaired) electrons. The van der Waals surface area contributed by atoms with Crippen molar-refractivity contribution in [2.75, 3.05) is 17.7 Å². The first-order valence-corrected chi connectivity index (χ1v) is 9.04. The molecule has 144 valence electrons. The number of aryl methyl sites for hydroxylation is 1. The number of esters is 1. The van der Waals surface area contributed by atoms with Crippen molar-refractivity contribution >= 4 is 40.0 Å². The number of benzene rings is 2. The maximum absolute atomic E-state index is 11.7. The van der Waals surface area contributed by atoms with Crippen molar-refractivity contribution in [3.05, 3.63) is 78.1 Å². The Morgan fingerprint density at radius 1 is 0.966 bits per heavy atom. The first-order valence-electron chi connectivity index (χ1n) is 9.04. The predicted molar refractivity (Wildman–Crippen MR) is 113 cm³/mol. The Balaban J connectivity index is 1.62. The van der Waals surface area contributed by atoms with Crippen molar-refractivity contribution in [1.82, 2.24) is 15.0 Å². The SMILES string of the molecule is COC(=O)c1cccc(Nc2cc(C)nc(Nc3cccc4cccnc34)n2)c1. The van der Waals surface area contributed by atoms with E-state index in [-0.39, 0.29) is 0 Å². The van der Waals surface area contributed by atoms with Gasteiger partial charge in [0.25, 0.3) is 0 Å². The van der Waals surface area contributed by atoms with E-state index in [1.165, 1.54) is 7.11 Å². The van der Waals surface area contributed by atoms with Crippen molar-refractivity contribution in [3.8, 4) is 0 Å². The molecule has 0 aliphatic heterocycles. The van der Waals surface area contributed by atoms with E-state index >= 15 is 0 Å². The van der Waals surface area contributed by atoms with Crippen molar-refractivity contribution in [2.24, 2.45) is 0 Å². The van der Waals surface area contributed by atoms with Crippen LogP contribution in [0.15, 0.2) is 66.9 Å². The molecule has 2 N–H and O–H groups in total. The molecular weight excluding hydrogens is 366 g/mol. The number of nitrogens with one attached hydrogen (secondary N) is 2. The molecule has 0 amide bonds. The quantitative estimate of drug-likeness (QED) is 0.485. The summed E-state index contributed by atoms with van der Waals surface area (Å²) < 4.78 is 4.77. The normalized spacial score (nSPS) is 10.6. The Labute approximate surface area is 167 Å². The monoisotopic (exact) mass is 385 g/mol. The summed E-state index contributed by atoms with van der Waals surface area (Å²) >= 11 is 0. The molecule has 7 nitrogen and oxygen atoms in total. The number of aromatic nitrogens is 3. The molecule has 0 aliphatic rings. The van der Waals surface area contributed by atoms with Gasteiger partial charge < -0.3 is 15.4 Å². The van der Waals surface area contributed by atoms with Crippen LogP contribution in [0.2, 0.25) is 0 Å². The number of pyridine rings is 1. The number of fused-ring (bicyclic) bond motifs is 1. The van der Waals surface area contributed by atoms with Crippen molar-refractivity contribution in [2.45, 2.75) is 6.92 Å². The van der Waals surface area contributed by atoms with E-state index in [2.05, 4.69) is 25.6 Å². The first-order chi connectivity index (χ1) is 14.1. The molecule has 4 rings (SSSR count). The second-order valence-electron chi connectivity index (χ2n) is 6.42. The summed E-state index contributed by atoms with van der Waals surface area (Å²) in [4.78, 5) is 25.2. The van der Waals surface area contributed by atoms with E-state index in [0.717, 1.165) is 28.0 Å². The zero-order chi connectivity index (χ0) is 20.2. The van der Waals surface area contributed by atoms with E-state index in [0.29, 0.717) is 17.3 Å². The molecule has 0 fully saturated rings. The summed E-state index contributed by atoms with van der Waals surface area (Å²) in [5.74, 6) is 0.670.